The van der Waals surface area contributed by atoms with Gasteiger partial charge in [0.05, 0.1) is 62.1 Å². The monoisotopic (exact) mass is 720 g/mol. The highest BCUT2D eigenvalue weighted by Gasteiger charge is 2.28. The third kappa shape index (κ3) is 7.26. The first-order valence-electron chi connectivity index (χ1n) is 16.8. The molecule has 0 heterocycles. The SMILES string of the molecule is COC(=O)c1cccc(N(c2ccccc2)c2ccc(-c3ccc(N(c4ccccc4)c4cccc(C(=O)OC)c4C(=O)OC)cc3)cc2)c1C(=O)OC. The predicted octanol–water partition coefficient (Wildman–Crippen LogP) is 9.44. The number of rotatable bonds is 11. The molecule has 0 aliphatic rings. The van der Waals surface area contributed by atoms with E-state index in [1.165, 1.54) is 40.6 Å². The van der Waals surface area contributed by atoms with Crippen LogP contribution in [0, 0.1) is 0 Å². The van der Waals surface area contributed by atoms with E-state index in [9.17, 15) is 19.2 Å². The summed E-state index contributed by atoms with van der Waals surface area (Å²) in [6.07, 6.45) is 0. The smallest absolute Gasteiger partial charge is 0.340 e. The Labute approximate surface area is 312 Å². The van der Waals surface area contributed by atoms with Crippen LogP contribution < -0.4 is 9.80 Å². The zero-order valence-corrected chi connectivity index (χ0v) is 30.0. The van der Waals surface area contributed by atoms with Gasteiger partial charge in [-0.1, -0.05) is 72.8 Å². The topological polar surface area (TPSA) is 112 Å². The molecule has 0 saturated heterocycles. The van der Waals surface area contributed by atoms with E-state index >= 15 is 0 Å². The Morgan fingerprint density at radius 2 is 0.667 bits per heavy atom. The molecule has 6 aromatic carbocycles. The van der Waals surface area contributed by atoms with Crippen LogP contribution >= 0.6 is 0 Å². The van der Waals surface area contributed by atoms with E-state index in [2.05, 4.69) is 0 Å². The number of hydrogen-bond acceptors (Lipinski definition) is 10. The minimum Gasteiger partial charge on any atom is -0.465 e. The van der Waals surface area contributed by atoms with Crippen LogP contribution in [-0.4, -0.2) is 52.3 Å². The molecule has 0 aromatic heterocycles. The molecule has 0 aliphatic heterocycles. The molecule has 0 bridgehead atoms. The number of methoxy groups -OCH3 is 4. The van der Waals surface area contributed by atoms with Crippen molar-refractivity contribution in [2.45, 2.75) is 0 Å². The Hall–Kier alpha value is -7.20. The summed E-state index contributed by atoms with van der Waals surface area (Å²) < 4.78 is 20.2. The van der Waals surface area contributed by atoms with Crippen molar-refractivity contribution in [3.05, 3.63) is 168 Å². The van der Waals surface area contributed by atoms with Crippen LogP contribution in [0.3, 0.4) is 0 Å². The Balaban J connectivity index is 1.41. The summed E-state index contributed by atoms with van der Waals surface area (Å²) in [5.74, 6) is -2.67. The highest BCUT2D eigenvalue weighted by Crippen LogP contribution is 2.41. The Bertz CT molecular complexity index is 2130. The molecule has 270 valence electrons. The number of benzene rings is 6. The molecular formula is C44H36N2O8. The maximum absolute atomic E-state index is 13.2. The molecule has 0 atom stereocenters. The Morgan fingerprint density at radius 1 is 0.352 bits per heavy atom. The number of nitrogens with zero attached hydrogens (tertiary/aromatic N) is 2. The van der Waals surface area contributed by atoms with Crippen LogP contribution in [0.5, 0.6) is 0 Å². The summed E-state index contributed by atoms with van der Waals surface area (Å²) in [6, 6.07) is 44.5. The van der Waals surface area contributed by atoms with Crippen molar-refractivity contribution in [2.75, 3.05) is 38.2 Å². The first-order valence-corrected chi connectivity index (χ1v) is 16.8. The van der Waals surface area contributed by atoms with Gasteiger partial charge in [0.2, 0.25) is 0 Å². The average Bonchev–Trinajstić information content (AvgIpc) is 3.23. The quantitative estimate of drug-likeness (QED) is 0.0948. The number of esters is 4. The lowest BCUT2D eigenvalue weighted by Crippen LogP contribution is -2.19. The zero-order valence-electron chi connectivity index (χ0n) is 30.0. The molecular weight excluding hydrogens is 684 g/mol. The Morgan fingerprint density at radius 3 is 0.981 bits per heavy atom. The van der Waals surface area contributed by atoms with E-state index in [4.69, 9.17) is 18.9 Å². The highest BCUT2D eigenvalue weighted by atomic mass is 16.5. The number of anilines is 6. The number of ether oxygens (including phenoxy) is 4. The third-order valence-electron chi connectivity index (χ3n) is 8.77. The van der Waals surface area contributed by atoms with Crippen LogP contribution in [0.1, 0.15) is 41.4 Å². The van der Waals surface area contributed by atoms with Gasteiger partial charge in [-0.05, 0) is 83.9 Å². The van der Waals surface area contributed by atoms with E-state index in [-0.39, 0.29) is 22.3 Å². The van der Waals surface area contributed by atoms with E-state index < -0.39 is 23.9 Å². The lowest BCUT2D eigenvalue weighted by atomic mass is 10.0. The highest BCUT2D eigenvalue weighted by molar-refractivity contribution is 6.09. The minimum atomic E-state index is -0.677. The fraction of sp³-hybridized carbons (Fsp3) is 0.0909. The van der Waals surface area contributed by atoms with Gasteiger partial charge in [0, 0.05) is 22.7 Å². The maximum atomic E-state index is 13.2. The van der Waals surface area contributed by atoms with Gasteiger partial charge < -0.3 is 28.7 Å². The van der Waals surface area contributed by atoms with Gasteiger partial charge in [-0.3, -0.25) is 0 Å². The zero-order chi connectivity index (χ0) is 38.2. The van der Waals surface area contributed by atoms with E-state index in [1.807, 2.05) is 119 Å². The molecule has 0 fully saturated rings. The molecule has 0 unspecified atom stereocenters. The summed E-state index contributed by atoms with van der Waals surface area (Å²) >= 11 is 0. The van der Waals surface area contributed by atoms with Gasteiger partial charge in [-0.15, -0.1) is 0 Å². The maximum Gasteiger partial charge on any atom is 0.340 e. The second kappa shape index (κ2) is 16.4. The molecule has 0 spiro atoms. The lowest BCUT2D eigenvalue weighted by molar-refractivity contribution is 0.0556. The molecule has 54 heavy (non-hydrogen) atoms. The van der Waals surface area contributed by atoms with Gasteiger partial charge in [0.25, 0.3) is 0 Å². The van der Waals surface area contributed by atoms with Crippen molar-refractivity contribution in [3.8, 4) is 11.1 Å². The second-order valence-corrected chi connectivity index (χ2v) is 11.8. The van der Waals surface area contributed by atoms with Crippen molar-refractivity contribution in [3.63, 3.8) is 0 Å². The normalized spacial score (nSPS) is 10.5. The fourth-order valence-electron chi connectivity index (χ4n) is 6.26. The largest absolute Gasteiger partial charge is 0.465 e. The van der Waals surface area contributed by atoms with Crippen LogP contribution in [0.4, 0.5) is 34.1 Å². The molecule has 10 nitrogen and oxygen atoms in total. The number of carbonyl (C=O) groups excluding carboxylic acids is 4. The van der Waals surface area contributed by atoms with Crippen molar-refractivity contribution in [1.29, 1.82) is 0 Å². The fourth-order valence-corrected chi connectivity index (χ4v) is 6.26. The molecule has 6 rings (SSSR count). The first-order chi connectivity index (χ1) is 26.3. The van der Waals surface area contributed by atoms with Gasteiger partial charge in [-0.2, -0.15) is 0 Å². The summed E-state index contributed by atoms with van der Waals surface area (Å²) in [5, 5.41) is 0. The molecule has 0 radical (unpaired) electrons. The van der Waals surface area contributed by atoms with Crippen molar-refractivity contribution in [1.82, 2.24) is 0 Å². The summed E-state index contributed by atoms with van der Waals surface area (Å²) in [5.41, 5.74) is 5.97. The van der Waals surface area contributed by atoms with Gasteiger partial charge in [0.15, 0.2) is 0 Å². The van der Waals surface area contributed by atoms with Gasteiger partial charge >= 0.3 is 23.9 Å². The van der Waals surface area contributed by atoms with Crippen LogP contribution in [0.15, 0.2) is 146 Å². The third-order valence-corrected chi connectivity index (χ3v) is 8.77. The van der Waals surface area contributed by atoms with Crippen LogP contribution in [0.25, 0.3) is 11.1 Å². The second-order valence-electron chi connectivity index (χ2n) is 11.8. The molecule has 10 heteroatoms. The van der Waals surface area contributed by atoms with Crippen LogP contribution in [0.2, 0.25) is 0 Å². The molecule has 0 N–H and O–H groups in total. The number of hydrogen-bond donors (Lipinski definition) is 0. The van der Waals surface area contributed by atoms with Crippen molar-refractivity contribution < 1.29 is 38.1 Å². The summed E-state index contributed by atoms with van der Waals surface area (Å²) in [7, 11) is 5.06. The standard InChI is InChI=1S/C44H36N2O8/c1-51-41(47)35-17-11-19-37(39(35)43(49)53-3)45(31-13-7-5-8-14-31)33-25-21-29(22-26-33)30-23-27-34(28-24-30)46(32-15-9-6-10-16-32)38-20-12-18-36(42(48)52-2)40(38)44(50)54-4/h5-28H,1-4H3. The van der Waals surface area contributed by atoms with Gasteiger partial charge in [-0.25, -0.2) is 19.2 Å². The van der Waals surface area contributed by atoms with Crippen molar-refractivity contribution >= 4 is 58.0 Å². The van der Waals surface area contributed by atoms with E-state index in [0.29, 0.717) is 11.4 Å². The van der Waals surface area contributed by atoms with E-state index in [1.54, 1.807) is 24.3 Å². The lowest BCUT2D eigenvalue weighted by Gasteiger charge is -2.28. The molecule has 0 amide bonds. The molecule has 0 aliphatic carbocycles. The van der Waals surface area contributed by atoms with Gasteiger partial charge in [0.1, 0.15) is 0 Å². The Kier molecular flexibility index (Phi) is 11.1. The number of carbonyl (C=O) groups is 4. The first kappa shape index (κ1) is 36.6. The minimum absolute atomic E-state index is 0.0748. The van der Waals surface area contributed by atoms with Crippen molar-refractivity contribution in [2.24, 2.45) is 0 Å². The van der Waals surface area contributed by atoms with Crippen LogP contribution in [-0.2, 0) is 18.9 Å². The summed E-state index contributed by atoms with van der Waals surface area (Å²) in [4.78, 5) is 55.6. The molecule has 6 aromatic rings. The van der Waals surface area contributed by atoms with E-state index in [0.717, 1.165) is 33.9 Å². The average molecular weight is 721 g/mol. The number of para-hydroxylation sites is 2. The predicted molar refractivity (Wildman–Crippen MR) is 207 cm³/mol. The summed E-state index contributed by atoms with van der Waals surface area (Å²) in [6.45, 7) is 0. The molecule has 0 saturated carbocycles.